The fraction of sp³-hybridized carbons (Fsp3) is 0.769. The average molecular weight is 322 g/mol. The first-order chi connectivity index (χ1) is 9.41. The van der Waals surface area contributed by atoms with Gasteiger partial charge in [-0.3, -0.25) is 4.79 Å². The maximum absolute atomic E-state index is 13.1. The maximum Gasteiger partial charge on any atom is 0.453 e. The van der Waals surface area contributed by atoms with Crippen LogP contribution in [0.3, 0.4) is 0 Å². The second-order valence-corrected chi connectivity index (χ2v) is 4.82. The third-order valence-electron chi connectivity index (χ3n) is 2.84. The standard InChI is InChI=1S/C13H17F7O/c1-2-10(21)7-5-3-4-6-8-11(14,15)9-12(16,17)13(18,19)20/h2H,1,3-9H2. The first kappa shape index (κ1) is 19.9. The van der Waals surface area contributed by atoms with Crippen molar-refractivity contribution >= 4 is 5.78 Å². The number of halogens is 7. The minimum absolute atomic E-state index is 0.177. The molecule has 0 unspecified atom stereocenters. The molecular formula is C13H17F7O. The van der Waals surface area contributed by atoms with Gasteiger partial charge in [0.1, 0.15) is 0 Å². The third-order valence-corrected chi connectivity index (χ3v) is 2.84. The molecule has 0 N–H and O–H groups in total. The Balaban J connectivity index is 4.04. The molecule has 0 amide bonds. The van der Waals surface area contributed by atoms with Crippen LogP contribution in [0.4, 0.5) is 30.7 Å². The second-order valence-electron chi connectivity index (χ2n) is 4.82. The van der Waals surface area contributed by atoms with Gasteiger partial charge in [-0.15, -0.1) is 0 Å². The van der Waals surface area contributed by atoms with Gasteiger partial charge in [0.2, 0.25) is 0 Å². The summed E-state index contributed by atoms with van der Waals surface area (Å²) >= 11 is 0. The van der Waals surface area contributed by atoms with Crippen molar-refractivity contribution in [3.05, 3.63) is 12.7 Å². The fourth-order valence-corrected chi connectivity index (χ4v) is 1.65. The van der Waals surface area contributed by atoms with Gasteiger partial charge in [0.25, 0.3) is 5.92 Å². The van der Waals surface area contributed by atoms with Crippen molar-refractivity contribution in [2.24, 2.45) is 0 Å². The quantitative estimate of drug-likeness (QED) is 0.303. The van der Waals surface area contributed by atoms with Gasteiger partial charge in [0.15, 0.2) is 5.78 Å². The Hall–Kier alpha value is -1.08. The van der Waals surface area contributed by atoms with Crippen molar-refractivity contribution < 1.29 is 35.5 Å². The largest absolute Gasteiger partial charge is 0.453 e. The lowest BCUT2D eigenvalue weighted by Gasteiger charge is -2.24. The summed E-state index contributed by atoms with van der Waals surface area (Å²) in [5, 5.41) is 0. The van der Waals surface area contributed by atoms with Gasteiger partial charge >= 0.3 is 12.1 Å². The van der Waals surface area contributed by atoms with E-state index in [1.54, 1.807) is 0 Å². The Morgan fingerprint density at radius 1 is 0.905 bits per heavy atom. The molecular weight excluding hydrogens is 305 g/mol. The van der Waals surface area contributed by atoms with Crippen LogP contribution in [0.1, 0.15) is 44.9 Å². The summed E-state index contributed by atoms with van der Waals surface area (Å²) in [4.78, 5) is 10.8. The van der Waals surface area contributed by atoms with Gasteiger partial charge < -0.3 is 0 Å². The smallest absolute Gasteiger partial charge is 0.295 e. The Bertz CT molecular complexity index is 347. The molecule has 0 saturated heterocycles. The predicted octanol–water partition coefficient (Wildman–Crippen LogP) is 5.31. The Kier molecular flexibility index (Phi) is 7.39. The Morgan fingerprint density at radius 2 is 1.43 bits per heavy atom. The van der Waals surface area contributed by atoms with E-state index in [0.29, 0.717) is 12.8 Å². The lowest BCUT2D eigenvalue weighted by Crippen LogP contribution is -2.41. The molecule has 0 atom stereocenters. The highest BCUT2D eigenvalue weighted by Crippen LogP contribution is 2.44. The first-order valence-electron chi connectivity index (χ1n) is 6.39. The molecule has 0 aliphatic heterocycles. The van der Waals surface area contributed by atoms with Gasteiger partial charge in [-0.05, 0) is 18.9 Å². The fourth-order valence-electron chi connectivity index (χ4n) is 1.65. The summed E-state index contributed by atoms with van der Waals surface area (Å²) in [5.74, 6) is -9.66. The summed E-state index contributed by atoms with van der Waals surface area (Å²) < 4.78 is 86.8. The molecule has 0 aromatic rings. The van der Waals surface area contributed by atoms with Gasteiger partial charge in [-0.25, -0.2) is 8.78 Å². The second kappa shape index (κ2) is 7.79. The van der Waals surface area contributed by atoms with E-state index in [-0.39, 0.29) is 25.0 Å². The van der Waals surface area contributed by atoms with Gasteiger partial charge in [0.05, 0.1) is 6.42 Å². The number of ketones is 1. The number of hydrogen-bond donors (Lipinski definition) is 0. The van der Waals surface area contributed by atoms with Crippen molar-refractivity contribution in [2.75, 3.05) is 0 Å². The summed E-state index contributed by atoms with van der Waals surface area (Å²) in [5.41, 5.74) is 0. The number of unbranched alkanes of at least 4 members (excludes halogenated alkanes) is 3. The SMILES string of the molecule is C=CC(=O)CCCCCCC(F)(F)CC(F)(F)C(F)(F)F. The van der Waals surface area contributed by atoms with Crippen molar-refractivity contribution in [3.63, 3.8) is 0 Å². The van der Waals surface area contributed by atoms with Crippen LogP contribution in [0, 0.1) is 0 Å². The number of alkyl halides is 7. The van der Waals surface area contributed by atoms with Crippen LogP contribution in [-0.4, -0.2) is 23.8 Å². The molecule has 124 valence electrons. The van der Waals surface area contributed by atoms with Crippen LogP contribution in [0.25, 0.3) is 0 Å². The number of rotatable bonds is 10. The first-order valence-corrected chi connectivity index (χ1v) is 6.39. The molecule has 0 heterocycles. The number of hydrogen-bond acceptors (Lipinski definition) is 1. The van der Waals surface area contributed by atoms with E-state index < -0.39 is 30.9 Å². The van der Waals surface area contributed by atoms with Crippen molar-refractivity contribution in [1.82, 2.24) is 0 Å². The molecule has 0 aliphatic rings. The van der Waals surface area contributed by atoms with E-state index in [2.05, 4.69) is 6.58 Å². The zero-order valence-corrected chi connectivity index (χ0v) is 11.3. The molecule has 1 nitrogen and oxygen atoms in total. The molecule has 0 radical (unpaired) electrons. The molecule has 0 aromatic heterocycles. The van der Waals surface area contributed by atoms with E-state index >= 15 is 0 Å². The lowest BCUT2D eigenvalue weighted by molar-refractivity contribution is -0.300. The van der Waals surface area contributed by atoms with Crippen molar-refractivity contribution in [3.8, 4) is 0 Å². The zero-order chi connectivity index (χ0) is 16.7. The third kappa shape index (κ3) is 8.06. The van der Waals surface area contributed by atoms with Gasteiger partial charge in [-0.2, -0.15) is 22.0 Å². The molecule has 8 heteroatoms. The average Bonchev–Trinajstić information content (AvgIpc) is 2.30. The van der Waals surface area contributed by atoms with Crippen LogP contribution in [-0.2, 0) is 4.79 Å². The molecule has 0 aromatic carbocycles. The monoisotopic (exact) mass is 322 g/mol. The van der Waals surface area contributed by atoms with E-state index in [1.165, 1.54) is 0 Å². The summed E-state index contributed by atoms with van der Waals surface area (Å²) in [7, 11) is 0. The molecule has 0 spiro atoms. The van der Waals surface area contributed by atoms with Crippen LogP contribution >= 0.6 is 0 Å². The molecule has 0 fully saturated rings. The highest BCUT2D eigenvalue weighted by molar-refractivity contribution is 5.88. The molecule has 0 rings (SSSR count). The normalized spacial score (nSPS) is 13.3. The summed E-state index contributed by atoms with van der Waals surface area (Å²) in [6, 6.07) is 0. The summed E-state index contributed by atoms with van der Waals surface area (Å²) in [6.45, 7) is 3.25. The predicted molar refractivity (Wildman–Crippen MR) is 63.5 cm³/mol. The van der Waals surface area contributed by atoms with Crippen LogP contribution in [0.2, 0.25) is 0 Å². The summed E-state index contributed by atoms with van der Waals surface area (Å²) in [6.07, 6.45) is -7.27. The number of allylic oxidation sites excluding steroid dienone is 1. The highest BCUT2D eigenvalue weighted by Gasteiger charge is 2.61. The molecule has 0 bridgehead atoms. The Morgan fingerprint density at radius 3 is 1.90 bits per heavy atom. The topological polar surface area (TPSA) is 17.1 Å². The molecule has 21 heavy (non-hydrogen) atoms. The van der Waals surface area contributed by atoms with Crippen molar-refractivity contribution in [1.29, 1.82) is 0 Å². The van der Waals surface area contributed by atoms with Crippen molar-refractivity contribution in [2.45, 2.75) is 63.0 Å². The number of carbonyl (C=O) groups excluding carboxylic acids is 1. The van der Waals surface area contributed by atoms with E-state index in [4.69, 9.17) is 0 Å². The van der Waals surface area contributed by atoms with E-state index in [9.17, 15) is 35.5 Å². The molecule has 0 aliphatic carbocycles. The van der Waals surface area contributed by atoms with Crippen LogP contribution in [0.15, 0.2) is 12.7 Å². The van der Waals surface area contributed by atoms with Gasteiger partial charge in [-0.1, -0.05) is 19.4 Å². The lowest BCUT2D eigenvalue weighted by atomic mass is 10.0. The Labute approximate surface area is 118 Å². The van der Waals surface area contributed by atoms with E-state index in [0.717, 1.165) is 6.08 Å². The van der Waals surface area contributed by atoms with Crippen LogP contribution < -0.4 is 0 Å². The van der Waals surface area contributed by atoms with Gasteiger partial charge in [0, 0.05) is 12.8 Å². The highest BCUT2D eigenvalue weighted by atomic mass is 19.4. The minimum atomic E-state index is -5.97. The van der Waals surface area contributed by atoms with E-state index in [1.807, 2.05) is 0 Å². The minimum Gasteiger partial charge on any atom is -0.295 e. The molecule has 0 saturated carbocycles. The van der Waals surface area contributed by atoms with Crippen LogP contribution in [0.5, 0.6) is 0 Å². The number of carbonyl (C=O) groups is 1. The maximum atomic E-state index is 13.1. The zero-order valence-electron chi connectivity index (χ0n) is 11.3.